The van der Waals surface area contributed by atoms with Crippen molar-refractivity contribution < 1.29 is 0 Å². The average molecular weight is 125 g/mol. The maximum Gasteiger partial charge on any atom is 0.0719 e. The molecule has 0 aliphatic rings. The van der Waals surface area contributed by atoms with Crippen molar-refractivity contribution in [3.63, 3.8) is 0 Å². The van der Waals surface area contributed by atoms with E-state index in [4.69, 9.17) is 5.73 Å². The average Bonchev–Trinajstić information content (AvgIpc) is 1.59. The summed E-state index contributed by atoms with van der Waals surface area (Å²) in [5, 5.41) is 0. The molecule has 0 aliphatic heterocycles. The maximum atomic E-state index is 5.61. The van der Waals surface area contributed by atoms with E-state index in [2.05, 4.69) is 25.7 Å². The van der Waals surface area contributed by atoms with Crippen LogP contribution in [0.25, 0.3) is 0 Å². The van der Waals surface area contributed by atoms with Gasteiger partial charge < -0.3 is 5.73 Å². The molecule has 0 aromatic rings. The van der Waals surface area contributed by atoms with Crippen LogP contribution in [0.2, 0.25) is 0 Å². The Morgan fingerprint density at radius 2 is 1.78 bits per heavy atom. The summed E-state index contributed by atoms with van der Waals surface area (Å²) in [7, 11) is 0. The highest BCUT2D eigenvalue weighted by molar-refractivity contribution is 5.13. The molecule has 0 aromatic carbocycles. The van der Waals surface area contributed by atoms with E-state index in [0.29, 0.717) is 5.92 Å². The molecule has 0 aliphatic carbocycles. The number of nitrogens with two attached hydrogens (primary N) is 1. The lowest BCUT2D eigenvalue weighted by atomic mass is 10.1. The van der Waals surface area contributed by atoms with Crippen molar-refractivity contribution in [1.82, 2.24) is 0 Å². The third-order valence-corrected chi connectivity index (χ3v) is 0.683. The van der Waals surface area contributed by atoms with Crippen LogP contribution in [0.15, 0.2) is 0 Å². The molecular formula is C8H15N. The first-order chi connectivity index (χ1) is 3.92. The third-order valence-electron chi connectivity index (χ3n) is 0.683. The molecule has 0 fully saturated rings. The van der Waals surface area contributed by atoms with Gasteiger partial charge in [0.25, 0.3) is 0 Å². The van der Waals surface area contributed by atoms with Crippen molar-refractivity contribution in [1.29, 1.82) is 0 Å². The molecule has 0 rings (SSSR count). The summed E-state index contributed by atoms with van der Waals surface area (Å²) < 4.78 is 0. The van der Waals surface area contributed by atoms with Crippen molar-refractivity contribution >= 4 is 0 Å². The zero-order valence-electron chi connectivity index (χ0n) is 6.65. The van der Waals surface area contributed by atoms with Gasteiger partial charge in [-0.1, -0.05) is 25.7 Å². The first-order valence-corrected chi connectivity index (χ1v) is 3.23. The van der Waals surface area contributed by atoms with E-state index < -0.39 is 0 Å². The van der Waals surface area contributed by atoms with E-state index in [-0.39, 0.29) is 5.54 Å². The zero-order chi connectivity index (χ0) is 7.49. The Morgan fingerprint density at radius 3 is 1.89 bits per heavy atom. The highest BCUT2D eigenvalue weighted by Gasteiger charge is 2.03. The van der Waals surface area contributed by atoms with Gasteiger partial charge in [0.2, 0.25) is 0 Å². The molecule has 0 saturated carbocycles. The summed E-state index contributed by atoms with van der Waals surface area (Å²) in [6, 6.07) is 0. The van der Waals surface area contributed by atoms with Crippen LogP contribution in [-0.4, -0.2) is 5.54 Å². The van der Waals surface area contributed by atoms with Gasteiger partial charge >= 0.3 is 0 Å². The summed E-state index contributed by atoms with van der Waals surface area (Å²) in [6.07, 6.45) is 0. The Bertz CT molecular complexity index is 129. The minimum Gasteiger partial charge on any atom is -0.316 e. The normalized spacial score (nSPS) is 10.9. The lowest BCUT2D eigenvalue weighted by molar-refractivity contribution is 0.677. The topological polar surface area (TPSA) is 26.0 Å². The zero-order valence-corrected chi connectivity index (χ0v) is 6.65. The Balaban J connectivity index is 3.88. The maximum absolute atomic E-state index is 5.61. The minimum atomic E-state index is -0.329. The highest BCUT2D eigenvalue weighted by atomic mass is 14.7. The van der Waals surface area contributed by atoms with Gasteiger partial charge in [-0.3, -0.25) is 0 Å². The fourth-order valence-electron chi connectivity index (χ4n) is 0.330. The van der Waals surface area contributed by atoms with E-state index in [9.17, 15) is 0 Å². The van der Waals surface area contributed by atoms with Crippen LogP contribution in [0.5, 0.6) is 0 Å². The van der Waals surface area contributed by atoms with Crippen molar-refractivity contribution in [2.45, 2.75) is 33.2 Å². The first-order valence-electron chi connectivity index (χ1n) is 3.23. The Kier molecular flexibility index (Phi) is 2.73. The number of hydrogen-bond donors (Lipinski definition) is 1. The van der Waals surface area contributed by atoms with E-state index in [1.165, 1.54) is 0 Å². The molecule has 2 N–H and O–H groups in total. The van der Waals surface area contributed by atoms with E-state index in [1.807, 2.05) is 13.8 Å². The van der Waals surface area contributed by atoms with E-state index in [1.54, 1.807) is 0 Å². The quantitative estimate of drug-likeness (QED) is 0.486. The molecule has 0 unspecified atom stereocenters. The summed E-state index contributed by atoms with van der Waals surface area (Å²) in [4.78, 5) is 0. The van der Waals surface area contributed by atoms with Crippen LogP contribution in [0.4, 0.5) is 0 Å². The van der Waals surface area contributed by atoms with Crippen molar-refractivity contribution in [2.75, 3.05) is 0 Å². The summed E-state index contributed by atoms with van der Waals surface area (Å²) in [6.45, 7) is 7.92. The van der Waals surface area contributed by atoms with Gasteiger partial charge in [-0.2, -0.15) is 0 Å². The molecule has 0 amide bonds. The van der Waals surface area contributed by atoms with Crippen molar-refractivity contribution in [3.8, 4) is 11.8 Å². The van der Waals surface area contributed by atoms with Crippen LogP contribution in [0.3, 0.4) is 0 Å². The molecule has 0 aromatic heterocycles. The number of rotatable bonds is 0. The van der Waals surface area contributed by atoms with Gasteiger partial charge in [-0.15, -0.1) is 0 Å². The minimum absolute atomic E-state index is 0.329. The van der Waals surface area contributed by atoms with Crippen LogP contribution in [-0.2, 0) is 0 Å². The first kappa shape index (κ1) is 8.52. The van der Waals surface area contributed by atoms with Gasteiger partial charge in [-0.05, 0) is 13.8 Å². The van der Waals surface area contributed by atoms with Gasteiger partial charge in [0.05, 0.1) is 5.54 Å². The lowest BCUT2D eigenvalue weighted by Gasteiger charge is -2.07. The van der Waals surface area contributed by atoms with Crippen LogP contribution in [0.1, 0.15) is 27.7 Å². The SMILES string of the molecule is CC(C)C#CC(C)(C)N. The fourth-order valence-corrected chi connectivity index (χ4v) is 0.330. The summed E-state index contributed by atoms with van der Waals surface area (Å²) >= 11 is 0. The van der Waals surface area contributed by atoms with E-state index in [0.717, 1.165) is 0 Å². The predicted octanol–water partition coefficient (Wildman–Crippen LogP) is 1.38. The molecule has 52 valence electrons. The molecule has 1 nitrogen and oxygen atoms in total. The molecule has 1 heteroatoms. The smallest absolute Gasteiger partial charge is 0.0719 e. The Labute approximate surface area is 57.6 Å². The van der Waals surface area contributed by atoms with Gasteiger partial charge in [-0.25, -0.2) is 0 Å². The van der Waals surface area contributed by atoms with Crippen LogP contribution in [0, 0.1) is 17.8 Å². The molecular weight excluding hydrogens is 110 g/mol. The monoisotopic (exact) mass is 125 g/mol. The predicted molar refractivity (Wildman–Crippen MR) is 40.9 cm³/mol. The van der Waals surface area contributed by atoms with Gasteiger partial charge in [0, 0.05) is 5.92 Å². The second-order valence-corrected chi connectivity index (χ2v) is 3.15. The third kappa shape index (κ3) is 7.52. The molecule has 9 heavy (non-hydrogen) atoms. The molecule has 0 bridgehead atoms. The van der Waals surface area contributed by atoms with Crippen molar-refractivity contribution in [3.05, 3.63) is 0 Å². The lowest BCUT2D eigenvalue weighted by Crippen LogP contribution is -2.29. The standard InChI is InChI=1S/C8H15N/c1-7(2)5-6-8(3,4)9/h7H,9H2,1-4H3. The van der Waals surface area contributed by atoms with E-state index >= 15 is 0 Å². The highest BCUT2D eigenvalue weighted by Crippen LogP contribution is 1.94. The second kappa shape index (κ2) is 2.89. The van der Waals surface area contributed by atoms with Crippen molar-refractivity contribution in [2.24, 2.45) is 11.7 Å². The number of hydrogen-bond acceptors (Lipinski definition) is 1. The van der Waals surface area contributed by atoms with Crippen LogP contribution < -0.4 is 5.73 Å². The molecule has 0 spiro atoms. The summed E-state index contributed by atoms with van der Waals surface area (Å²) in [5.41, 5.74) is 5.28. The summed E-state index contributed by atoms with van der Waals surface area (Å²) in [5.74, 6) is 6.38. The fraction of sp³-hybridized carbons (Fsp3) is 0.750. The van der Waals surface area contributed by atoms with Gasteiger partial charge in [0.15, 0.2) is 0 Å². The Morgan fingerprint density at radius 1 is 1.33 bits per heavy atom. The second-order valence-electron chi connectivity index (χ2n) is 3.15. The van der Waals surface area contributed by atoms with Crippen LogP contribution >= 0.6 is 0 Å². The van der Waals surface area contributed by atoms with Gasteiger partial charge in [0.1, 0.15) is 0 Å². The largest absolute Gasteiger partial charge is 0.316 e. The molecule has 0 saturated heterocycles. The Hall–Kier alpha value is -0.480. The molecule has 0 radical (unpaired) electrons. The molecule has 0 heterocycles. The molecule has 0 atom stereocenters.